The van der Waals surface area contributed by atoms with Gasteiger partial charge in [-0.2, -0.15) is 5.10 Å². The lowest BCUT2D eigenvalue weighted by molar-refractivity contribution is 0.101. The van der Waals surface area contributed by atoms with Crippen LogP contribution in [-0.2, 0) is 0 Å². The Labute approximate surface area is 189 Å². The highest BCUT2D eigenvalue weighted by molar-refractivity contribution is 6.12. The number of carbonyl (C=O) groups excluding carboxylic acids is 2. The maximum atomic E-state index is 12.8. The van der Waals surface area contributed by atoms with Gasteiger partial charge in [0.1, 0.15) is 0 Å². The van der Waals surface area contributed by atoms with Gasteiger partial charge in [0.2, 0.25) is 0 Å². The van der Waals surface area contributed by atoms with Crippen LogP contribution in [0.3, 0.4) is 0 Å². The number of pyridine rings is 1. The number of anilines is 2. The summed E-state index contributed by atoms with van der Waals surface area (Å²) in [5.41, 5.74) is 4.69. The maximum absolute atomic E-state index is 12.8. The normalized spacial score (nSPS) is 10.8. The molecule has 0 saturated heterocycles. The van der Waals surface area contributed by atoms with Crippen molar-refractivity contribution in [3.63, 3.8) is 0 Å². The topological polar surface area (TPSA) is 105 Å². The Hall–Kier alpha value is -4.72. The van der Waals surface area contributed by atoms with E-state index in [0.29, 0.717) is 28.2 Å². The summed E-state index contributed by atoms with van der Waals surface area (Å²) in [6.07, 6.45) is 6.61. The first-order chi connectivity index (χ1) is 16.1. The lowest BCUT2D eigenvalue weighted by atomic mass is 10.1. The van der Waals surface area contributed by atoms with Crippen LogP contribution in [0.15, 0.2) is 85.5 Å². The molecule has 3 aromatic heterocycles. The van der Waals surface area contributed by atoms with E-state index in [2.05, 4.69) is 25.7 Å². The second-order valence-electron chi connectivity index (χ2n) is 7.57. The Kier molecular flexibility index (Phi) is 5.16. The molecule has 5 aromatic rings. The van der Waals surface area contributed by atoms with Crippen molar-refractivity contribution in [3.8, 4) is 5.69 Å². The predicted molar refractivity (Wildman–Crippen MR) is 127 cm³/mol. The molecule has 0 radical (unpaired) electrons. The molecular formula is C25H20N6O2. The number of nitrogens with one attached hydrogen (secondary N) is 3. The van der Waals surface area contributed by atoms with Crippen LogP contribution < -0.4 is 10.6 Å². The van der Waals surface area contributed by atoms with E-state index in [4.69, 9.17) is 0 Å². The minimum absolute atomic E-state index is 0.229. The van der Waals surface area contributed by atoms with Crippen molar-refractivity contribution < 1.29 is 9.59 Å². The fourth-order valence-corrected chi connectivity index (χ4v) is 3.60. The summed E-state index contributed by atoms with van der Waals surface area (Å²) in [6, 6.07) is 18.3. The molecule has 0 aliphatic carbocycles. The number of fused-ring (bicyclic) bond motifs is 1. The smallest absolute Gasteiger partial charge is 0.257 e. The summed E-state index contributed by atoms with van der Waals surface area (Å²) < 4.78 is 1.61. The summed E-state index contributed by atoms with van der Waals surface area (Å²) in [4.78, 5) is 32.7. The number of rotatable bonds is 5. The molecule has 3 heterocycles. The van der Waals surface area contributed by atoms with Crippen LogP contribution in [-0.4, -0.2) is 31.6 Å². The molecule has 162 valence electrons. The van der Waals surface area contributed by atoms with E-state index in [1.807, 2.05) is 37.3 Å². The maximum Gasteiger partial charge on any atom is 0.257 e. The average Bonchev–Trinajstić information content (AvgIpc) is 3.46. The summed E-state index contributed by atoms with van der Waals surface area (Å²) in [5, 5.41) is 10.9. The van der Waals surface area contributed by atoms with Gasteiger partial charge < -0.3 is 15.6 Å². The van der Waals surface area contributed by atoms with Gasteiger partial charge in [-0.25, -0.2) is 4.68 Å². The van der Waals surface area contributed by atoms with Crippen LogP contribution in [0, 0.1) is 6.92 Å². The number of aromatic nitrogens is 4. The first-order valence-corrected chi connectivity index (χ1v) is 10.3. The Morgan fingerprint density at radius 1 is 0.939 bits per heavy atom. The summed E-state index contributed by atoms with van der Waals surface area (Å²) in [6.45, 7) is 1.86. The van der Waals surface area contributed by atoms with E-state index in [-0.39, 0.29) is 11.8 Å². The molecule has 8 heteroatoms. The van der Waals surface area contributed by atoms with Gasteiger partial charge >= 0.3 is 0 Å². The fourth-order valence-electron chi connectivity index (χ4n) is 3.60. The van der Waals surface area contributed by atoms with Gasteiger partial charge in [-0.1, -0.05) is 24.3 Å². The molecule has 0 spiro atoms. The van der Waals surface area contributed by atoms with Crippen molar-refractivity contribution >= 4 is 34.1 Å². The Balaban J connectivity index is 1.32. The Morgan fingerprint density at radius 2 is 1.79 bits per heavy atom. The lowest BCUT2D eigenvalue weighted by Crippen LogP contribution is -2.12. The number of H-pyrrole nitrogens is 1. The van der Waals surface area contributed by atoms with Crippen LogP contribution in [0.2, 0.25) is 0 Å². The van der Waals surface area contributed by atoms with Gasteiger partial charge in [0, 0.05) is 40.2 Å². The SMILES string of the molecule is Cc1cc(NC(=O)c2cccc(-n3cc(NC(=O)c4c[nH]c5ccccc45)cn3)c2)ccn1. The van der Waals surface area contributed by atoms with Crippen molar-refractivity contribution in [2.24, 2.45) is 0 Å². The zero-order valence-corrected chi connectivity index (χ0v) is 17.7. The Bertz CT molecular complexity index is 1480. The van der Waals surface area contributed by atoms with Crippen LogP contribution >= 0.6 is 0 Å². The van der Waals surface area contributed by atoms with Crippen LogP contribution in [0.5, 0.6) is 0 Å². The highest BCUT2D eigenvalue weighted by atomic mass is 16.2. The average molecular weight is 436 g/mol. The number of carbonyl (C=O) groups is 2. The largest absolute Gasteiger partial charge is 0.360 e. The van der Waals surface area contributed by atoms with Gasteiger partial charge in [-0.3, -0.25) is 14.6 Å². The first kappa shape index (κ1) is 20.2. The van der Waals surface area contributed by atoms with Crippen LogP contribution in [0.25, 0.3) is 16.6 Å². The molecule has 0 aliphatic heterocycles. The van der Waals surface area contributed by atoms with Gasteiger partial charge in [-0.05, 0) is 43.3 Å². The number of nitrogens with zero attached hydrogens (tertiary/aromatic N) is 3. The quantitative estimate of drug-likeness (QED) is 0.376. The zero-order chi connectivity index (χ0) is 22.8. The van der Waals surface area contributed by atoms with E-state index in [0.717, 1.165) is 16.6 Å². The van der Waals surface area contributed by atoms with Crippen molar-refractivity contribution in [1.82, 2.24) is 19.7 Å². The van der Waals surface area contributed by atoms with Crippen molar-refractivity contribution in [2.75, 3.05) is 10.6 Å². The molecule has 2 amide bonds. The van der Waals surface area contributed by atoms with E-state index in [9.17, 15) is 9.59 Å². The lowest BCUT2D eigenvalue weighted by Gasteiger charge is -2.07. The van der Waals surface area contributed by atoms with Gasteiger partial charge in [0.05, 0.1) is 29.3 Å². The minimum Gasteiger partial charge on any atom is -0.360 e. The molecule has 8 nitrogen and oxygen atoms in total. The molecule has 0 fully saturated rings. The third-order valence-corrected chi connectivity index (χ3v) is 5.20. The second-order valence-corrected chi connectivity index (χ2v) is 7.57. The summed E-state index contributed by atoms with van der Waals surface area (Å²) in [7, 11) is 0. The van der Waals surface area contributed by atoms with Gasteiger partial charge in [0.25, 0.3) is 11.8 Å². The number of para-hydroxylation sites is 1. The number of aromatic amines is 1. The monoisotopic (exact) mass is 436 g/mol. The standard InChI is InChI=1S/C25H20N6O2/c1-16-11-18(9-10-26-16)29-24(32)17-5-4-6-20(12-17)31-15-19(13-28-31)30-25(33)22-14-27-23-8-3-2-7-21(22)23/h2-15,27H,1H3,(H,30,33)(H,26,29,32). The number of aryl methyl sites for hydroxylation is 1. The molecule has 5 rings (SSSR count). The Morgan fingerprint density at radius 3 is 2.67 bits per heavy atom. The molecule has 3 N–H and O–H groups in total. The van der Waals surface area contributed by atoms with Crippen molar-refractivity contribution in [1.29, 1.82) is 0 Å². The highest BCUT2D eigenvalue weighted by Crippen LogP contribution is 2.20. The number of hydrogen-bond acceptors (Lipinski definition) is 4. The summed E-state index contributed by atoms with van der Waals surface area (Å²) in [5.74, 6) is -0.463. The van der Waals surface area contributed by atoms with E-state index < -0.39 is 0 Å². The molecule has 0 bridgehead atoms. The predicted octanol–water partition coefficient (Wildman–Crippen LogP) is 4.56. The van der Waals surface area contributed by atoms with Crippen LogP contribution in [0.4, 0.5) is 11.4 Å². The van der Waals surface area contributed by atoms with Gasteiger partial charge in [-0.15, -0.1) is 0 Å². The molecule has 33 heavy (non-hydrogen) atoms. The second kappa shape index (κ2) is 8.43. The van der Waals surface area contributed by atoms with E-state index in [1.54, 1.807) is 59.8 Å². The molecular weight excluding hydrogens is 416 g/mol. The van der Waals surface area contributed by atoms with Crippen molar-refractivity contribution in [2.45, 2.75) is 6.92 Å². The number of hydrogen-bond donors (Lipinski definition) is 3. The van der Waals surface area contributed by atoms with E-state index >= 15 is 0 Å². The third kappa shape index (κ3) is 4.22. The van der Waals surface area contributed by atoms with Crippen molar-refractivity contribution in [3.05, 3.63) is 102 Å². The number of benzene rings is 2. The minimum atomic E-state index is -0.234. The molecule has 2 aromatic carbocycles. The number of amides is 2. The molecule has 0 atom stereocenters. The van der Waals surface area contributed by atoms with Crippen LogP contribution in [0.1, 0.15) is 26.4 Å². The molecule has 0 saturated carbocycles. The van der Waals surface area contributed by atoms with E-state index in [1.165, 1.54) is 0 Å². The third-order valence-electron chi connectivity index (χ3n) is 5.20. The summed E-state index contributed by atoms with van der Waals surface area (Å²) >= 11 is 0. The first-order valence-electron chi connectivity index (χ1n) is 10.3. The zero-order valence-electron chi connectivity index (χ0n) is 17.7. The highest BCUT2D eigenvalue weighted by Gasteiger charge is 2.14. The van der Waals surface area contributed by atoms with Gasteiger partial charge in [0.15, 0.2) is 0 Å². The fraction of sp³-hybridized carbons (Fsp3) is 0.0400. The molecule has 0 unspecified atom stereocenters. The molecule has 0 aliphatic rings.